The quantitative estimate of drug-likeness (QED) is 0.737. The van der Waals surface area contributed by atoms with Crippen LogP contribution in [0.1, 0.15) is 11.3 Å². The van der Waals surface area contributed by atoms with Gasteiger partial charge < -0.3 is 5.11 Å². The van der Waals surface area contributed by atoms with Crippen molar-refractivity contribution >= 4 is 17.2 Å². The van der Waals surface area contributed by atoms with Crippen molar-refractivity contribution < 1.29 is 5.11 Å². The Labute approximate surface area is 116 Å². The zero-order valence-electron chi connectivity index (χ0n) is 11.1. The van der Waals surface area contributed by atoms with Crippen LogP contribution >= 0.6 is 0 Å². The lowest BCUT2D eigenvalue weighted by molar-refractivity contribution is 0.282. The molecule has 1 N–H and O–H groups in total. The van der Waals surface area contributed by atoms with Gasteiger partial charge in [0.2, 0.25) is 0 Å². The lowest BCUT2D eigenvalue weighted by Crippen LogP contribution is -1.88. The Morgan fingerprint density at radius 1 is 1.15 bits per heavy atom. The number of hydrogen-bond acceptors (Lipinski definition) is 4. The molecule has 0 unspecified atom stereocenters. The normalized spacial score (nSPS) is 11.5. The maximum Gasteiger partial charge on any atom is 0.182 e. The second-order valence-corrected chi connectivity index (χ2v) is 4.48. The van der Waals surface area contributed by atoms with Gasteiger partial charge in [-0.3, -0.25) is 4.40 Å². The summed E-state index contributed by atoms with van der Waals surface area (Å²) in [5, 5.41) is 17.6. The number of pyridine rings is 1. The fourth-order valence-corrected chi connectivity index (χ4v) is 2.01. The van der Waals surface area contributed by atoms with Gasteiger partial charge in [-0.1, -0.05) is 18.2 Å². The maximum absolute atomic E-state index is 9.15. The molecule has 0 aliphatic carbocycles. The molecule has 1 aromatic carbocycles. The summed E-state index contributed by atoms with van der Waals surface area (Å²) in [5.74, 6) is 0.702. The molecule has 2 heterocycles. The Morgan fingerprint density at radius 3 is 2.70 bits per heavy atom. The number of rotatable bonds is 3. The van der Waals surface area contributed by atoms with Gasteiger partial charge in [0.1, 0.15) is 5.65 Å². The highest BCUT2D eigenvalue weighted by atomic mass is 16.3. The first-order valence-electron chi connectivity index (χ1n) is 6.33. The van der Waals surface area contributed by atoms with Crippen LogP contribution in [-0.2, 0) is 6.61 Å². The Balaban J connectivity index is 2.03. The lowest BCUT2D eigenvalue weighted by atomic mass is 10.3. The van der Waals surface area contributed by atoms with Crippen molar-refractivity contribution in [2.75, 3.05) is 0 Å². The van der Waals surface area contributed by atoms with E-state index in [1.165, 1.54) is 0 Å². The van der Waals surface area contributed by atoms with Crippen molar-refractivity contribution in [3.8, 4) is 0 Å². The first-order valence-corrected chi connectivity index (χ1v) is 6.33. The number of aliphatic hydroxyl groups is 1. The van der Waals surface area contributed by atoms with Crippen molar-refractivity contribution in [3.63, 3.8) is 0 Å². The van der Waals surface area contributed by atoms with E-state index in [0.717, 1.165) is 22.6 Å². The van der Waals surface area contributed by atoms with Crippen molar-refractivity contribution in [2.24, 2.45) is 10.2 Å². The molecule has 0 fully saturated rings. The molecule has 3 aromatic rings. The van der Waals surface area contributed by atoms with E-state index < -0.39 is 0 Å². The SMILES string of the molecule is Cc1nc2cc(CO)ccn2c1N=Nc1ccccc1. The van der Waals surface area contributed by atoms with E-state index in [9.17, 15) is 0 Å². The average molecular weight is 266 g/mol. The van der Waals surface area contributed by atoms with E-state index in [-0.39, 0.29) is 6.61 Å². The van der Waals surface area contributed by atoms with E-state index in [1.807, 2.05) is 60.0 Å². The van der Waals surface area contributed by atoms with Crippen molar-refractivity contribution in [1.29, 1.82) is 0 Å². The molecule has 0 bridgehead atoms. The molecule has 0 spiro atoms. The van der Waals surface area contributed by atoms with E-state index in [4.69, 9.17) is 5.11 Å². The summed E-state index contributed by atoms with van der Waals surface area (Å²) in [4.78, 5) is 4.43. The third kappa shape index (κ3) is 2.31. The van der Waals surface area contributed by atoms with E-state index in [0.29, 0.717) is 5.82 Å². The number of aryl methyl sites for hydroxylation is 1. The monoisotopic (exact) mass is 266 g/mol. The number of aliphatic hydroxyl groups excluding tert-OH is 1. The van der Waals surface area contributed by atoms with Crippen LogP contribution in [0, 0.1) is 6.92 Å². The van der Waals surface area contributed by atoms with Crippen molar-refractivity contribution in [3.05, 3.63) is 59.9 Å². The van der Waals surface area contributed by atoms with Gasteiger partial charge in [-0.2, -0.15) is 0 Å². The third-order valence-electron chi connectivity index (χ3n) is 3.03. The molecule has 5 heteroatoms. The molecule has 5 nitrogen and oxygen atoms in total. The molecule has 20 heavy (non-hydrogen) atoms. The van der Waals surface area contributed by atoms with Crippen LogP contribution in [-0.4, -0.2) is 14.5 Å². The molecular formula is C15H14N4O. The molecule has 2 aromatic heterocycles. The van der Waals surface area contributed by atoms with Crippen LogP contribution in [0.2, 0.25) is 0 Å². The number of imidazole rings is 1. The number of nitrogens with zero attached hydrogens (tertiary/aromatic N) is 4. The molecule has 0 saturated carbocycles. The minimum Gasteiger partial charge on any atom is -0.392 e. The Kier molecular flexibility index (Phi) is 3.26. The highest BCUT2D eigenvalue weighted by molar-refractivity contribution is 5.53. The molecule has 0 radical (unpaired) electrons. The predicted octanol–water partition coefficient (Wildman–Crippen LogP) is 3.55. The zero-order valence-corrected chi connectivity index (χ0v) is 11.1. The van der Waals surface area contributed by atoms with Gasteiger partial charge in [0.15, 0.2) is 5.82 Å². The fourth-order valence-electron chi connectivity index (χ4n) is 2.01. The van der Waals surface area contributed by atoms with Crippen LogP contribution in [0.5, 0.6) is 0 Å². The third-order valence-corrected chi connectivity index (χ3v) is 3.03. The van der Waals surface area contributed by atoms with E-state index in [1.54, 1.807) is 0 Å². The number of benzene rings is 1. The van der Waals surface area contributed by atoms with Crippen LogP contribution < -0.4 is 0 Å². The molecule has 0 aliphatic heterocycles. The van der Waals surface area contributed by atoms with Gasteiger partial charge in [-0.05, 0) is 36.8 Å². The smallest absolute Gasteiger partial charge is 0.182 e. The van der Waals surface area contributed by atoms with Crippen molar-refractivity contribution in [2.45, 2.75) is 13.5 Å². The first kappa shape index (κ1) is 12.5. The number of azo groups is 1. The molecule has 0 saturated heterocycles. The zero-order chi connectivity index (χ0) is 13.9. The first-order chi connectivity index (χ1) is 9.78. The van der Waals surface area contributed by atoms with Gasteiger partial charge >= 0.3 is 0 Å². The highest BCUT2D eigenvalue weighted by Gasteiger charge is 2.08. The molecule has 0 amide bonds. The molecule has 0 atom stereocenters. The number of fused-ring (bicyclic) bond motifs is 1. The topological polar surface area (TPSA) is 62.2 Å². The van der Waals surface area contributed by atoms with E-state index >= 15 is 0 Å². The summed E-state index contributed by atoms with van der Waals surface area (Å²) in [6, 6.07) is 13.3. The summed E-state index contributed by atoms with van der Waals surface area (Å²) < 4.78 is 1.86. The van der Waals surface area contributed by atoms with Crippen LogP contribution in [0.3, 0.4) is 0 Å². The van der Waals surface area contributed by atoms with Crippen molar-refractivity contribution in [1.82, 2.24) is 9.38 Å². The molecule has 0 aliphatic rings. The second-order valence-electron chi connectivity index (χ2n) is 4.48. The van der Waals surface area contributed by atoms with Crippen LogP contribution in [0.15, 0.2) is 58.9 Å². The molecule has 100 valence electrons. The fraction of sp³-hybridized carbons (Fsp3) is 0.133. The Hall–Kier alpha value is -2.53. The standard InChI is InChI=1S/C15H14N4O/c1-11-15(18-17-13-5-3-2-4-6-13)19-8-7-12(10-20)9-14(19)16-11/h2-9,20H,10H2,1H3. The summed E-state index contributed by atoms with van der Waals surface area (Å²) in [5.41, 5.74) is 3.19. The summed E-state index contributed by atoms with van der Waals surface area (Å²) in [6.45, 7) is 1.90. The average Bonchev–Trinajstić information content (AvgIpc) is 2.80. The van der Waals surface area contributed by atoms with Crippen LogP contribution in [0.4, 0.5) is 11.5 Å². The minimum absolute atomic E-state index is 0.00325. The summed E-state index contributed by atoms with van der Waals surface area (Å²) in [7, 11) is 0. The molecular weight excluding hydrogens is 252 g/mol. The van der Waals surface area contributed by atoms with Gasteiger partial charge in [0.25, 0.3) is 0 Å². The summed E-state index contributed by atoms with van der Waals surface area (Å²) >= 11 is 0. The lowest BCUT2D eigenvalue weighted by Gasteiger charge is -1.98. The van der Waals surface area contributed by atoms with Gasteiger partial charge in [0.05, 0.1) is 18.0 Å². The molecule has 3 rings (SSSR count). The number of aromatic nitrogens is 2. The highest BCUT2D eigenvalue weighted by Crippen LogP contribution is 2.23. The largest absolute Gasteiger partial charge is 0.392 e. The minimum atomic E-state index is 0.00325. The van der Waals surface area contributed by atoms with Gasteiger partial charge in [0, 0.05) is 6.20 Å². The Morgan fingerprint density at radius 2 is 1.95 bits per heavy atom. The second kappa shape index (κ2) is 5.22. The van der Waals surface area contributed by atoms with Gasteiger partial charge in [-0.15, -0.1) is 10.2 Å². The maximum atomic E-state index is 9.15. The Bertz CT molecular complexity index is 762. The number of hydrogen-bond donors (Lipinski definition) is 1. The van der Waals surface area contributed by atoms with E-state index in [2.05, 4.69) is 15.2 Å². The van der Waals surface area contributed by atoms with Crippen LogP contribution in [0.25, 0.3) is 5.65 Å². The summed E-state index contributed by atoms with van der Waals surface area (Å²) in [6.07, 6.45) is 1.85. The van der Waals surface area contributed by atoms with Gasteiger partial charge in [-0.25, -0.2) is 4.98 Å². The predicted molar refractivity (Wildman–Crippen MR) is 76.5 cm³/mol.